The predicted molar refractivity (Wildman–Crippen MR) is 110 cm³/mol. The molecule has 4 rings (SSSR count). The van der Waals surface area contributed by atoms with Gasteiger partial charge in [-0.15, -0.1) is 5.10 Å². The third-order valence-electron chi connectivity index (χ3n) is 5.11. The number of nitrogens with one attached hydrogen (secondary N) is 3. The maximum atomic E-state index is 11.6. The van der Waals surface area contributed by atoms with Crippen LogP contribution in [0.1, 0.15) is 36.0 Å². The number of carbonyl (C=O) groups is 1. The van der Waals surface area contributed by atoms with Crippen molar-refractivity contribution in [3.63, 3.8) is 0 Å². The van der Waals surface area contributed by atoms with Crippen molar-refractivity contribution in [3.8, 4) is 0 Å². The topological polar surface area (TPSA) is 109 Å². The number of aromatic nitrogens is 3. The molecule has 0 unspecified atom stereocenters. The second kappa shape index (κ2) is 7.85. The Bertz CT molecular complexity index is 958. The monoisotopic (exact) mass is 379 g/mol. The Balaban J connectivity index is 1.50. The van der Waals surface area contributed by atoms with Gasteiger partial charge in [0.2, 0.25) is 5.95 Å². The van der Waals surface area contributed by atoms with Crippen molar-refractivity contribution in [2.75, 3.05) is 17.7 Å². The summed E-state index contributed by atoms with van der Waals surface area (Å²) in [5.41, 5.74) is 8.20. The van der Waals surface area contributed by atoms with Gasteiger partial charge in [0.05, 0.1) is 0 Å². The second-order valence-electron chi connectivity index (χ2n) is 7.15. The maximum absolute atomic E-state index is 11.6. The molecule has 0 saturated heterocycles. The SMILES string of the molecule is CNC(=O)c1ccc(Nc2nc3cccc(N[C@H]4CC[C@@H](N)CC4)n3n2)cc1. The third kappa shape index (κ3) is 3.91. The van der Waals surface area contributed by atoms with Crippen LogP contribution in [0.25, 0.3) is 5.65 Å². The van der Waals surface area contributed by atoms with Gasteiger partial charge >= 0.3 is 0 Å². The van der Waals surface area contributed by atoms with Crippen LogP contribution in [0, 0.1) is 0 Å². The zero-order chi connectivity index (χ0) is 19.5. The van der Waals surface area contributed by atoms with Gasteiger partial charge in [-0.05, 0) is 62.1 Å². The van der Waals surface area contributed by atoms with E-state index in [2.05, 4.69) is 26.0 Å². The van der Waals surface area contributed by atoms with Crippen LogP contribution in [0.15, 0.2) is 42.5 Å². The average molecular weight is 379 g/mol. The van der Waals surface area contributed by atoms with E-state index in [-0.39, 0.29) is 5.91 Å². The number of carbonyl (C=O) groups excluding carboxylic acids is 1. The molecule has 146 valence electrons. The lowest BCUT2D eigenvalue weighted by Gasteiger charge is -2.27. The number of anilines is 3. The Labute approximate surface area is 163 Å². The van der Waals surface area contributed by atoms with Gasteiger partial charge < -0.3 is 21.7 Å². The highest BCUT2D eigenvalue weighted by molar-refractivity contribution is 5.94. The molecule has 0 aliphatic heterocycles. The Hall–Kier alpha value is -3.13. The molecule has 0 radical (unpaired) electrons. The molecule has 1 amide bonds. The minimum atomic E-state index is -0.114. The molecule has 5 N–H and O–H groups in total. The molecule has 2 heterocycles. The van der Waals surface area contributed by atoms with Gasteiger partial charge in [0.25, 0.3) is 5.91 Å². The highest BCUT2D eigenvalue weighted by atomic mass is 16.1. The Kier molecular flexibility index (Phi) is 5.12. The molecular weight excluding hydrogens is 354 g/mol. The first-order valence-corrected chi connectivity index (χ1v) is 9.59. The quantitative estimate of drug-likeness (QED) is 0.542. The van der Waals surface area contributed by atoms with Crippen LogP contribution in [0.2, 0.25) is 0 Å². The number of benzene rings is 1. The summed E-state index contributed by atoms with van der Waals surface area (Å²) in [6.07, 6.45) is 4.22. The average Bonchev–Trinajstić information content (AvgIpc) is 3.13. The molecular formula is C20H25N7O. The van der Waals surface area contributed by atoms with Gasteiger partial charge in [0.15, 0.2) is 5.65 Å². The van der Waals surface area contributed by atoms with Gasteiger partial charge in [0.1, 0.15) is 5.82 Å². The fourth-order valence-corrected chi connectivity index (χ4v) is 3.52. The molecule has 3 aromatic rings. The van der Waals surface area contributed by atoms with Crippen molar-refractivity contribution in [2.45, 2.75) is 37.8 Å². The van der Waals surface area contributed by atoms with E-state index < -0.39 is 0 Å². The summed E-state index contributed by atoms with van der Waals surface area (Å²) in [5, 5.41) is 14.0. The molecule has 0 bridgehead atoms. The maximum Gasteiger partial charge on any atom is 0.251 e. The van der Waals surface area contributed by atoms with Gasteiger partial charge in [0, 0.05) is 30.4 Å². The van der Waals surface area contributed by atoms with Crippen LogP contribution in [0.5, 0.6) is 0 Å². The Morgan fingerprint density at radius 3 is 2.57 bits per heavy atom. The van der Waals surface area contributed by atoms with Crippen molar-refractivity contribution in [1.82, 2.24) is 19.9 Å². The van der Waals surface area contributed by atoms with E-state index in [1.165, 1.54) is 0 Å². The summed E-state index contributed by atoms with van der Waals surface area (Å²) in [6, 6.07) is 13.8. The fraction of sp³-hybridized carbons (Fsp3) is 0.350. The second-order valence-corrected chi connectivity index (χ2v) is 7.15. The minimum Gasteiger partial charge on any atom is -0.367 e. The largest absolute Gasteiger partial charge is 0.367 e. The number of fused-ring (bicyclic) bond motifs is 1. The molecule has 1 aromatic carbocycles. The number of hydrogen-bond donors (Lipinski definition) is 4. The number of hydrogen-bond acceptors (Lipinski definition) is 6. The molecule has 1 fully saturated rings. The van der Waals surface area contributed by atoms with Crippen LogP contribution >= 0.6 is 0 Å². The highest BCUT2D eigenvalue weighted by Crippen LogP contribution is 2.22. The Morgan fingerprint density at radius 2 is 1.86 bits per heavy atom. The van der Waals surface area contributed by atoms with E-state index in [1.54, 1.807) is 19.2 Å². The summed E-state index contributed by atoms with van der Waals surface area (Å²) in [7, 11) is 1.61. The van der Waals surface area contributed by atoms with Crippen molar-refractivity contribution in [2.24, 2.45) is 5.73 Å². The fourth-order valence-electron chi connectivity index (χ4n) is 3.52. The zero-order valence-electron chi connectivity index (χ0n) is 15.9. The molecule has 2 aromatic heterocycles. The molecule has 0 spiro atoms. The first kappa shape index (κ1) is 18.2. The van der Waals surface area contributed by atoms with E-state index in [1.807, 2.05) is 34.8 Å². The minimum absolute atomic E-state index is 0.114. The van der Waals surface area contributed by atoms with Gasteiger partial charge in [-0.25, -0.2) is 0 Å². The van der Waals surface area contributed by atoms with E-state index in [4.69, 9.17) is 5.73 Å². The lowest BCUT2D eigenvalue weighted by Crippen LogP contribution is -2.33. The summed E-state index contributed by atoms with van der Waals surface area (Å²) in [5.74, 6) is 1.32. The van der Waals surface area contributed by atoms with Crippen molar-refractivity contribution in [1.29, 1.82) is 0 Å². The summed E-state index contributed by atoms with van der Waals surface area (Å²) < 4.78 is 1.82. The number of rotatable bonds is 5. The van der Waals surface area contributed by atoms with Crippen LogP contribution in [-0.2, 0) is 0 Å². The molecule has 28 heavy (non-hydrogen) atoms. The number of amides is 1. The van der Waals surface area contributed by atoms with Gasteiger partial charge in [-0.2, -0.15) is 9.50 Å². The van der Waals surface area contributed by atoms with Crippen molar-refractivity contribution < 1.29 is 4.79 Å². The number of pyridine rings is 1. The summed E-state index contributed by atoms with van der Waals surface area (Å²) >= 11 is 0. The van der Waals surface area contributed by atoms with Crippen molar-refractivity contribution >= 4 is 29.0 Å². The first-order chi connectivity index (χ1) is 13.6. The molecule has 8 heteroatoms. The smallest absolute Gasteiger partial charge is 0.251 e. The highest BCUT2D eigenvalue weighted by Gasteiger charge is 2.19. The van der Waals surface area contributed by atoms with E-state index in [0.717, 1.165) is 42.8 Å². The van der Waals surface area contributed by atoms with E-state index in [0.29, 0.717) is 23.6 Å². The first-order valence-electron chi connectivity index (χ1n) is 9.59. The Morgan fingerprint density at radius 1 is 1.11 bits per heavy atom. The van der Waals surface area contributed by atoms with Gasteiger partial charge in [-0.1, -0.05) is 6.07 Å². The zero-order valence-corrected chi connectivity index (χ0v) is 15.9. The molecule has 1 aliphatic carbocycles. The van der Waals surface area contributed by atoms with Crippen LogP contribution in [0.4, 0.5) is 17.5 Å². The predicted octanol–water partition coefficient (Wildman–Crippen LogP) is 2.51. The lowest BCUT2D eigenvalue weighted by molar-refractivity contribution is 0.0963. The standard InChI is InChI=1S/C20H25N7O/c1-22-19(28)13-5-9-16(10-6-13)24-20-25-18-4-2-3-17(27(18)26-20)23-15-11-7-14(21)8-12-15/h2-6,9-10,14-15,23H,7-8,11-12,21H2,1H3,(H,22,28)(H,24,26)/t14-,15+. The van der Waals surface area contributed by atoms with Crippen LogP contribution in [0.3, 0.4) is 0 Å². The molecule has 0 atom stereocenters. The van der Waals surface area contributed by atoms with Crippen LogP contribution < -0.4 is 21.7 Å². The normalized spacial score (nSPS) is 19.4. The number of nitrogens with zero attached hydrogens (tertiary/aromatic N) is 3. The van der Waals surface area contributed by atoms with Crippen LogP contribution in [-0.4, -0.2) is 39.6 Å². The van der Waals surface area contributed by atoms with Gasteiger partial charge in [-0.3, -0.25) is 4.79 Å². The number of nitrogens with two attached hydrogens (primary N) is 1. The van der Waals surface area contributed by atoms with E-state index >= 15 is 0 Å². The summed E-state index contributed by atoms with van der Waals surface area (Å²) in [4.78, 5) is 16.2. The molecule has 8 nitrogen and oxygen atoms in total. The third-order valence-corrected chi connectivity index (χ3v) is 5.11. The molecule has 1 aliphatic rings. The van der Waals surface area contributed by atoms with Crippen molar-refractivity contribution in [3.05, 3.63) is 48.0 Å². The molecule has 1 saturated carbocycles. The lowest BCUT2D eigenvalue weighted by atomic mass is 9.92. The summed E-state index contributed by atoms with van der Waals surface area (Å²) in [6.45, 7) is 0. The van der Waals surface area contributed by atoms with E-state index in [9.17, 15) is 4.79 Å².